The van der Waals surface area contributed by atoms with Crippen LogP contribution in [-0.4, -0.2) is 16.5 Å². The number of hydrogen-bond acceptors (Lipinski definition) is 4. The molecule has 4 nitrogen and oxygen atoms in total. The standard InChI is InChI=1S/C14H16Cl2N4/c1-3-9-13(17-4-2)18-8-19-14(9)20-11-7-5-6-10(15)12(11)16/h5-8H,3-4H2,1-2H3,(H2,17,18,19,20). The van der Waals surface area contributed by atoms with Crippen molar-refractivity contribution in [3.63, 3.8) is 0 Å². The fourth-order valence-corrected chi connectivity index (χ4v) is 2.25. The van der Waals surface area contributed by atoms with Crippen LogP contribution in [-0.2, 0) is 6.42 Å². The van der Waals surface area contributed by atoms with Crippen LogP contribution in [0.15, 0.2) is 24.5 Å². The van der Waals surface area contributed by atoms with E-state index in [2.05, 4.69) is 27.5 Å². The van der Waals surface area contributed by atoms with E-state index in [4.69, 9.17) is 23.2 Å². The van der Waals surface area contributed by atoms with Crippen LogP contribution < -0.4 is 10.6 Å². The highest BCUT2D eigenvalue weighted by molar-refractivity contribution is 6.43. The molecule has 2 aromatic rings. The fourth-order valence-electron chi connectivity index (χ4n) is 1.90. The zero-order valence-electron chi connectivity index (χ0n) is 11.4. The molecule has 0 aliphatic rings. The van der Waals surface area contributed by atoms with Crippen LogP contribution in [0.25, 0.3) is 0 Å². The lowest BCUT2D eigenvalue weighted by Crippen LogP contribution is -2.07. The molecule has 106 valence electrons. The summed E-state index contributed by atoms with van der Waals surface area (Å²) in [4.78, 5) is 8.55. The van der Waals surface area contributed by atoms with Crippen molar-refractivity contribution in [1.29, 1.82) is 0 Å². The van der Waals surface area contributed by atoms with Crippen molar-refractivity contribution in [2.45, 2.75) is 20.3 Å². The Morgan fingerprint density at radius 3 is 2.55 bits per heavy atom. The van der Waals surface area contributed by atoms with E-state index in [-0.39, 0.29) is 0 Å². The molecule has 0 saturated heterocycles. The minimum absolute atomic E-state index is 0.486. The number of nitrogens with one attached hydrogen (secondary N) is 2. The largest absolute Gasteiger partial charge is 0.370 e. The van der Waals surface area contributed by atoms with E-state index in [0.29, 0.717) is 10.0 Å². The molecule has 0 spiro atoms. The van der Waals surface area contributed by atoms with Crippen LogP contribution >= 0.6 is 23.2 Å². The topological polar surface area (TPSA) is 49.8 Å². The van der Waals surface area contributed by atoms with Crippen LogP contribution in [0.4, 0.5) is 17.3 Å². The lowest BCUT2D eigenvalue weighted by molar-refractivity contribution is 1.03. The highest BCUT2D eigenvalue weighted by atomic mass is 35.5. The number of benzene rings is 1. The molecule has 1 aromatic heterocycles. The van der Waals surface area contributed by atoms with Gasteiger partial charge in [-0.15, -0.1) is 0 Å². The molecule has 0 unspecified atom stereocenters. The van der Waals surface area contributed by atoms with Gasteiger partial charge >= 0.3 is 0 Å². The van der Waals surface area contributed by atoms with Crippen molar-refractivity contribution in [1.82, 2.24) is 9.97 Å². The number of anilines is 3. The predicted octanol–water partition coefficient (Wildman–Crippen LogP) is 4.52. The van der Waals surface area contributed by atoms with Gasteiger partial charge in [0.05, 0.1) is 15.7 Å². The first-order chi connectivity index (χ1) is 9.67. The van der Waals surface area contributed by atoms with Gasteiger partial charge in [0.2, 0.25) is 0 Å². The number of rotatable bonds is 5. The molecule has 0 saturated carbocycles. The molecule has 0 aliphatic carbocycles. The summed E-state index contributed by atoms with van der Waals surface area (Å²) < 4.78 is 0. The molecule has 0 atom stereocenters. The smallest absolute Gasteiger partial charge is 0.139 e. The Morgan fingerprint density at radius 1 is 1.10 bits per heavy atom. The van der Waals surface area contributed by atoms with Crippen molar-refractivity contribution in [2.75, 3.05) is 17.2 Å². The Hall–Kier alpha value is -1.52. The van der Waals surface area contributed by atoms with Gasteiger partial charge in [-0.1, -0.05) is 36.2 Å². The van der Waals surface area contributed by atoms with Gasteiger partial charge in [0, 0.05) is 12.1 Å². The molecule has 6 heteroatoms. The molecule has 2 N–H and O–H groups in total. The van der Waals surface area contributed by atoms with E-state index in [1.807, 2.05) is 19.1 Å². The molecule has 0 aliphatic heterocycles. The van der Waals surface area contributed by atoms with Gasteiger partial charge in [0.15, 0.2) is 0 Å². The Labute approximate surface area is 128 Å². The average molecular weight is 311 g/mol. The summed E-state index contributed by atoms with van der Waals surface area (Å²) in [6, 6.07) is 5.46. The van der Waals surface area contributed by atoms with Crippen molar-refractivity contribution in [2.24, 2.45) is 0 Å². The quantitative estimate of drug-likeness (QED) is 0.852. The monoisotopic (exact) mass is 310 g/mol. The van der Waals surface area contributed by atoms with E-state index in [1.54, 1.807) is 6.07 Å². The van der Waals surface area contributed by atoms with Crippen molar-refractivity contribution in [3.05, 3.63) is 40.1 Å². The lowest BCUT2D eigenvalue weighted by atomic mass is 10.2. The second-order valence-corrected chi connectivity index (χ2v) is 4.94. The zero-order valence-corrected chi connectivity index (χ0v) is 12.9. The van der Waals surface area contributed by atoms with Gasteiger partial charge in [-0.2, -0.15) is 0 Å². The third-order valence-electron chi connectivity index (χ3n) is 2.85. The molecular weight excluding hydrogens is 295 g/mol. The number of hydrogen-bond donors (Lipinski definition) is 2. The average Bonchev–Trinajstić information content (AvgIpc) is 2.44. The van der Waals surface area contributed by atoms with Crippen LogP contribution in [0.5, 0.6) is 0 Å². The second kappa shape index (κ2) is 6.77. The summed E-state index contributed by atoms with van der Waals surface area (Å²) in [7, 11) is 0. The van der Waals surface area contributed by atoms with Gasteiger partial charge in [-0.05, 0) is 25.5 Å². The summed E-state index contributed by atoms with van der Waals surface area (Å²) in [5.41, 5.74) is 1.75. The van der Waals surface area contributed by atoms with Gasteiger partial charge < -0.3 is 10.6 Å². The lowest BCUT2D eigenvalue weighted by Gasteiger charge is -2.14. The summed E-state index contributed by atoms with van der Waals surface area (Å²) in [5.74, 6) is 1.58. The van der Waals surface area contributed by atoms with Crippen LogP contribution in [0.3, 0.4) is 0 Å². The molecule has 2 rings (SSSR count). The summed E-state index contributed by atoms with van der Waals surface area (Å²) >= 11 is 12.2. The SMILES string of the molecule is CCNc1ncnc(Nc2cccc(Cl)c2Cl)c1CC. The first kappa shape index (κ1) is 14.9. The maximum absolute atomic E-state index is 6.19. The van der Waals surface area contributed by atoms with Crippen molar-refractivity contribution < 1.29 is 0 Å². The van der Waals surface area contributed by atoms with Gasteiger partial charge in [0.1, 0.15) is 18.0 Å². The Bertz CT molecular complexity index is 602. The number of nitrogens with zero attached hydrogens (tertiary/aromatic N) is 2. The maximum atomic E-state index is 6.19. The minimum Gasteiger partial charge on any atom is -0.370 e. The number of aromatic nitrogens is 2. The maximum Gasteiger partial charge on any atom is 0.139 e. The van der Waals surface area contributed by atoms with Crippen LogP contribution in [0, 0.1) is 0 Å². The molecule has 0 fully saturated rings. The van der Waals surface area contributed by atoms with Crippen molar-refractivity contribution >= 4 is 40.5 Å². The highest BCUT2D eigenvalue weighted by Gasteiger charge is 2.11. The van der Waals surface area contributed by atoms with Gasteiger partial charge in [0.25, 0.3) is 0 Å². The normalized spacial score (nSPS) is 10.4. The van der Waals surface area contributed by atoms with Gasteiger partial charge in [-0.25, -0.2) is 9.97 Å². The molecule has 0 bridgehead atoms. The van der Waals surface area contributed by atoms with Gasteiger partial charge in [-0.3, -0.25) is 0 Å². The summed E-state index contributed by atoms with van der Waals surface area (Å²) in [5, 5.41) is 7.45. The summed E-state index contributed by atoms with van der Waals surface area (Å²) in [6.07, 6.45) is 2.33. The van der Waals surface area contributed by atoms with E-state index < -0.39 is 0 Å². The van der Waals surface area contributed by atoms with E-state index in [9.17, 15) is 0 Å². The predicted molar refractivity (Wildman–Crippen MR) is 85.3 cm³/mol. The molecular formula is C14H16Cl2N4. The van der Waals surface area contributed by atoms with E-state index in [0.717, 1.165) is 35.9 Å². The van der Waals surface area contributed by atoms with E-state index in [1.165, 1.54) is 6.33 Å². The fraction of sp³-hybridized carbons (Fsp3) is 0.286. The minimum atomic E-state index is 0.486. The molecule has 1 heterocycles. The first-order valence-electron chi connectivity index (χ1n) is 6.46. The van der Waals surface area contributed by atoms with E-state index >= 15 is 0 Å². The third kappa shape index (κ3) is 3.14. The third-order valence-corrected chi connectivity index (χ3v) is 3.67. The number of halogens is 2. The van der Waals surface area contributed by atoms with Crippen LogP contribution in [0.1, 0.15) is 19.4 Å². The Kier molecular flexibility index (Phi) is 5.04. The molecule has 0 amide bonds. The van der Waals surface area contributed by atoms with Crippen molar-refractivity contribution in [3.8, 4) is 0 Å². The van der Waals surface area contributed by atoms with Crippen LogP contribution in [0.2, 0.25) is 10.0 Å². The zero-order chi connectivity index (χ0) is 14.5. The summed E-state index contributed by atoms with van der Waals surface area (Å²) in [6.45, 7) is 4.90. The highest BCUT2D eigenvalue weighted by Crippen LogP contribution is 2.32. The molecule has 0 radical (unpaired) electrons. The molecule has 1 aromatic carbocycles. The molecule has 20 heavy (non-hydrogen) atoms. The second-order valence-electron chi connectivity index (χ2n) is 4.16. The Balaban J connectivity index is 2.38. The Morgan fingerprint density at radius 2 is 1.85 bits per heavy atom. The first-order valence-corrected chi connectivity index (χ1v) is 7.21.